The lowest BCUT2D eigenvalue weighted by Gasteiger charge is -2.09. The van der Waals surface area contributed by atoms with Gasteiger partial charge in [-0.2, -0.15) is 14.8 Å². The molecule has 0 fully saturated rings. The number of benzene rings is 3. The second-order valence-corrected chi connectivity index (χ2v) is 7.60. The minimum absolute atomic E-state index is 0.191. The fraction of sp³-hybridized carbons (Fsp3) is 0.154. The van der Waals surface area contributed by atoms with E-state index in [1.54, 1.807) is 6.07 Å². The van der Waals surface area contributed by atoms with Gasteiger partial charge >= 0.3 is 0 Å². The molecule has 0 saturated heterocycles. The van der Waals surface area contributed by atoms with Crippen molar-refractivity contribution >= 4 is 10.8 Å². The van der Waals surface area contributed by atoms with Crippen LogP contribution in [0.15, 0.2) is 82.1 Å². The van der Waals surface area contributed by atoms with Crippen LogP contribution in [0, 0.1) is 0 Å². The molecule has 158 valence electrons. The van der Waals surface area contributed by atoms with Crippen molar-refractivity contribution in [2.75, 3.05) is 0 Å². The van der Waals surface area contributed by atoms with E-state index in [-0.39, 0.29) is 11.4 Å². The molecule has 0 atom stereocenters. The maximum Gasteiger partial charge on any atom is 0.279 e. The fourth-order valence-electron chi connectivity index (χ4n) is 3.72. The van der Waals surface area contributed by atoms with Gasteiger partial charge in [-0.1, -0.05) is 73.6 Å². The topological polar surface area (TPSA) is 73.8 Å². The highest BCUT2D eigenvalue weighted by Gasteiger charge is 2.19. The van der Waals surface area contributed by atoms with E-state index in [1.165, 1.54) is 15.8 Å². The van der Waals surface area contributed by atoms with Gasteiger partial charge in [0.2, 0.25) is 5.82 Å². The van der Waals surface area contributed by atoms with E-state index in [2.05, 4.69) is 41.2 Å². The summed E-state index contributed by atoms with van der Waals surface area (Å²) in [5.41, 5.74) is 4.27. The molecule has 0 bridgehead atoms. The van der Waals surface area contributed by atoms with Crippen molar-refractivity contribution in [2.45, 2.75) is 26.7 Å². The molecule has 6 heteroatoms. The van der Waals surface area contributed by atoms with Crippen LogP contribution >= 0.6 is 0 Å². The second-order valence-electron chi connectivity index (χ2n) is 7.60. The van der Waals surface area contributed by atoms with Gasteiger partial charge in [-0.25, -0.2) is 0 Å². The largest absolute Gasteiger partial charge is 0.332 e. The first kappa shape index (κ1) is 19.9. The van der Waals surface area contributed by atoms with Gasteiger partial charge in [0.25, 0.3) is 11.4 Å². The molecule has 5 rings (SSSR count). The van der Waals surface area contributed by atoms with Crippen LogP contribution in [0.4, 0.5) is 0 Å². The molecule has 6 nitrogen and oxygen atoms in total. The normalized spacial score (nSPS) is 11.2. The second kappa shape index (κ2) is 8.23. The molecule has 0 amide bonds. The van der Waals surface area contributed by atoms with E-state index < -0.39 is 0 Å². The van der Waals surface area contributed by atoms with Gasteiger partial charge < -0.3 is 4.52 Å². The standard InChI is InChI=1S/C26H22N4O2/c1-3-17-9-13-19(14-10-17)24-27-25(32-29-24)23-21-7-5-6-8-22(21)26(31)30(28-23)20-15-11-18(4-2)12-16-20/h5-16H,3-4H2,1-2H3. The molecule has 0 aliphatic carbocycles. The molecule has 2 aromatic heterocycles. The summed E-state index contributed by atoms with van der Waals surface area (Å²) in [5.74, 6) is 0.758. The van der Waals surface area contributed by atoms with Gasteiger partial charge in [-0.3, -0.25) is 4.79 Å². The summed E-state index contributed by atoms with van der Waals surface area (Å²) in [4.78, 5) is 17.8. The van der Waals surface area contributed by atoms with Crippen molar-refractivity contribution in [1.29, 1.82) is 0 Å². The van der Waals surface area contributed by atoms with Gasteiger partial charge in [0, 0.05) is 10.9 Å². The number of aromatic nitrogens is 4. The van der Waals surface area contributed by atoms with E-state index in [9.17, 15) is 4.79 Å². The number of rotatable bonds is 5. The molecule has 0 spiro atoms. The third-order valence-electron chi connectivity index (χ3n) is 5.64. The predicted octanol–water partition coefficient (Wildman–Crippen LogP) is 5.23. The molecular formula is C26H22N4O2. The summed E-state index contributed by atoms with van der Waals surface area (Å²) in [6.07, 6.45) is 1.89. The van der Waals surface area contributed by atoms with Crippen molar-refractivity contribution in [3.8, 4) is 28.7 Å². The van der Waals surface area contributed by atoms with Crippen molar-refractivity contribution in [3.63, 3.8) is 0 Å². The molecular weight excluding hydrogens is 400 g/mol. The lowest BCUT2D eigenvalue weighted by molar-refractivity contribution is 0.430. The van der Waals surface area contributed by atoms with E-state index in [4.69, 9.17) is 4.52 Å². The lowest BCUT2D eigenvalue weighted by atomic mass is 10.1. The first-order chi connectivity index (χ1) is 15.7. The summed E-state index contributed by atoms with van der Waals surface area (Å²) in [6.45, 7) is 4.21. The highest BCUT2D eigenvalue weighted by molar-refractivity contribution is 5.92. The highest BCUT2D eigenvalue weighted by atomic mass is 16.5. The molecule has 0 N–H and O–H groups in total. The Hall–Kier alpha value is -4.06. The average molecular weight is 422 g/mol. The maximum atomic E-state index is 13.2. The Labute approximate surface area is 185 Å². The van der Waals surface area contributed by atoms with E-state index in [1.807, 2.05) is 54.6 Å². The summed E-state index contributed by atoms with van der Waals surface area (Å²) in [6, 6.07) is 23.2. The van der Waals surface area contributed by atoms with Gasteiger partial charge in [-0.15, -0.1) is 0 Å². The first-order valence-electron chi connectivity index (χ1n) is 10.7. The number of hydrogen-bond donors (Lipinski definition) is 0. The van der Waals surface area contributed by atoms with Crippen molar-refractivity contribution in [1.82, 2.24) is 19.9 Å². The van der Waals surface area contributed by atoms with Crippen LogP contribution < -0.4 is 5.56 Å². The highest BCUT2D eigenvalue weighted by Crippen LogP contribution is 2.26. The van der Waals surface area contributed by atoms with E-state index in [0.29, 0.717) is 28.0 Å². The maximum absolute atomic E-state index is 13.2. The predicted molar refractivity (Wildman–Crippen MR) is 125 cm³/mol. The van der Waals surface area contributed by atoms with Crippen LogP contribution in [-0.2, 0) is 12.8 Å². The Kier molecular flexibility index (Phi) is 5.11. The third kappa shape index (κ3) is 3.50. The molecule has 32 heavy (non-hydrogen) atoms. The van der Waals surface area contributed by atoms with E-state index in [0.717, 1.165) is 18.4 Å². The Morgan fingerprint density at radius 2 is 1.44 bits per heavy atom. The van der Waals surface area contributed by atoms with Crippen LogP contribution in [0.1, 0.15) is 25.0 Å². The Balaban J connectivity index is 1.66. The third-order valence-corrected chi connectivity index (χ3v) is 5.64. The number of aryl methyl sites for hydroxylation is 2. The van der Waals surface area contributed by atoms with Gasteiger partial charge in [0.1, 0.15) is 0 Å². The monoisotopic (exact) mass is 422 g/mol. The molecule has 0 radical (unpaired) electrons. The molecule has 3 aromatic carbocycles. The minimum Gasteiger partial charge on any atom is -0.332 e. The fourth-order valence-corrected chi connectivity index (χ4v) is 3.72. The summed E-state index contributed by atoms with van der Waals surface area (Å²) < 4.78 is 7.00. The van der Waals surface area contributed by atoms with Crippen molar-refractivity contribution in [2.24, 2.45) is 0 Å². The van der Waals surface area contributed by atoms with Crippen molar-refractivity contribution < 1.29 is 4.52 Å². The van der Waals surface area contributed by atoms with Crippen LogP contribution in [-0.4, -0.2) is 19.9 Å². The van der Waals surface area contributed by atoms with Crippen LogP contribution in [0.3, 0.4) is 0 Å². The molecule has 0 aliphatic heterocycles. The SMILES string of the molecule is CCc1ccc(-c2noc(-c3nn(-c4ccc(CC)cc4)c(=O)c4ccccc34)n2)cc1. The molecule has 0 aliphatic rings. The zero-order chi connectivity index (χ0) is 22.1. The average Bonchev–Trinajstić information content (AvgIpc) is 3.35. The number of hydrogen-bond acceptors (Lipinski definition) is 5. The summed E-state index contributed by atoms with van der Waals surface area (Å²) >= 11 is 0. The number of nitrogens with zero attached hydrogens (tertiary/aromatic N) is 4. The van der Waals surface area contributed by atoms with Gasteiger partial charge in [0.05, 0.1) is 11.1 Å². The van der Waals surface area contributed by atoms with Crippen LogP contribution in [0.5, 0.6) is 0 Å². The van der Waals surface area contributed by atoms with Crippen LogP contribution in [0.25, 0.3) is 39.4 Å². The minimum atomic E-state index is -0.191. The smallest absolute Gasteiger partial charge is 0.279 e. The molecule has 0 saturated carbocycles. The first-order valence-corrected chi connectivity index (χ1v) is 10.7. The number of fused-ring (bicyclic) bond motifs is 1. The molecule has 2 heterocycles. The molecule has 0 unspecified atom stereocenters. The van der Waals surface area contributed by atoms with Gasteiger partial charge in [0.15, 0.2) is 5.69 Å². The van der Waals surface area contributed by atoms with Crippen LogP contribution in [0.2, 0.25) is 0 Å². The van der Waals surface area contributed by atoms with E-state index >= 15 is 0 Å². The van der Waals surface area contributed by atoms with Crippen molar-refractivity contribution in [3.05, 3.63) is 94.3 Å². The summed E-state index contributed by atoms with van der Waals surface area (Å²) in [5, 5.41) is 10.0. The Bertz CT molecular complexity index is 1450. The lowest BCUT2D eigenvalue weighted by Crippen LogP contribution is -2.22. The Morgan fingerprint density at radius 1 is 0.812 bits per heavy atom. The zero-order valence-corrected chi connectivity index (χ0v) is 17.9. The quantitative estimate of drug-likeness (QED) is 0.388. The summed E-state index contributed by atoms with van der Waals surface area (Å²) in [7, 11) is 0. The Morgan fingerprint density at radius 3 is 2.09 bits per heavy atom. The van der Waals surface area contributed by atoms with Gasteiger partial charge in [-0.05, 0) is 42.2 Å². The molecule has 5 aromatic rings. The zero-order valence-electron chi connectivity index (χ0n) is 17.9.